The van der Waals surface area contributed by atoms with Crippen LogP contribution < -0.4 is 14.8 Å². The van der Waals surface area contributed by atoms with Crippen LogP contribution in [0.5, 0.6) is 11.5 Å². The van der Waals surface area contributed by atoms with Crippen LogP contribution in [0.4, 0.5) is 18.9 Å². The number of amides is 1. The van der Waals surface area contributed by atoms with Crippen LogP contribution in [-0.4, -0.2) is 33.4 Å². The molecule has 4 rings (SSSR count). The number of nitrogens with zero attached hydrogens (tertiary/aromatic N) is 3. The molecule has 29 heavy (non-hydrogen) atoms. The average molecular weight is 404 g/mol. The number of pyridine rings is 1. The SMILES string of the molecule is O=C(Nc1cnn(CC2COc3ccccc3O2)c1)c1ccc(C(F)(F)F)nc1. The number of anilines is 1. The first-order chi connectivity index (χ1) is 13.9. The molecule has 2 aromatic heterocycles. The summed E-state index contributed by atoms with van der Waals surface area (Å²) in [4.78, 5) is 15.5. The van der Waals surface area contributed by atoms with Gasteiger partial charge < -0.3 is 14.8 Å². The summed E-state index contributed by atoms with van der Waals surface area (Å²) in [6.07, 6.45) is -0.895. The summed E-state index contributed by atoms with van der Waals surface area (Å²) in [6, 6.07) is 9.17. The fourth-order valence-electron chi connectivity index (χ4n) is 2.79. The number of hydrogen-bond donors (Lipinski definition) is 1. The monoisotopic (exact) mass is 404 g/mol. The Morgan fingerprint density at radius 2 is 1.97 bits per heavy atom. The van der Waals surface area contributed by atoms with Gasteiger partial charge in [0.1, 0.15) is 12.3 Å². The zero-order valence-electron chi connectivity index (χ0n) is 14.9. The maximum Gasteiger partial charge on any atom is 0.433 e. The molecule has 1 N–H and O–H groups in total. The fourth-order valence-corrected chi connectivity index (χ4v) is 2.79. The number of para-hydroxylation sites is 2. The molecule has 1 amide bonds. The lowest BCUT2D eigenvalue weighted by Gasteiger charge is -2.26. The van der Waals surface area contributed by atoms with Crippen molar-refractivity contribution >= 4 is 11.6 Å². The molecule has 0 saturated heterocycles. The zero-order chi connectivity index (χ0) is 20.4. The Morgan fingerprint density at radius 3 is 2.69 bits per heavy atom. The molecule has 3 heterocycles. The van der Waals surface area contributed by atoms with Crippen molar-refractivity contribution in [1.29, 1.82) is 0 Å². The number of nitrogens with one attached hydrogen (secondary N) is 1. The molecule has 0 aliphatic carbocycles. The average Bonchev–Trinajstić information content (AvgIpc) is 3.14. The van der Waals surface area contributed by atoms with Crippen molar-refractivity contribution in [2.75, 3.05) is 11.9 Å². The lowest BCUT2D eigenvalue weighted by atomic mass is 10.2. The number of fused-ring (bicyclic) bond motifs is 1. The van der Waals surface area contributed by atoms with Gasteiger partial charge in [0, 0.05) is 12.4 Å². The van der Waals surface area contributed by atoms with E-state index in [0.29, 0.717) is 30.3 Å². The molecular weight excluding hydrogens is 389 g/mol. The number of carbonyl (C=O) groups is 1. The maximum atomic E-state index is 12.6. The Hall–Kier alpha value is -3.56. The van der Waals surface area contributed by atoms with E-state index in [1.54, 1.807) is 10.9 Å². The van der Waals surface area contributed by atoms with Crippen molar-refractivity contribution in [3.05, 3.63) is 66.2 Å². The standard InChI is InChI=1S/C19H15F3N4O3/c20-19(21,22)17-6-5-12(7-23-17)18(27)25-13-8-24-26(9-13)10-14-11-28-15-3-1-2-4-16(15)29-14/h1-9,14H,10-11H2,(H,25,27). The molecule has 7 nitrogen and oxygen atoms in total. The summed E-state index contributed by atoms with van der Waals surface area (Å²) in [6.45, 7) is 0.752. The summed E-state index contributed by atoms with van der Waals surface area (Å²) in [7, 11) is 0. The molecule has 1 aliphatic heterocycles. The lowest BCUT2D eigenvalue weighted by Crippen LogP contribution is -2.33. The minimum Gasteiger partial charge on any atom is -0.486 e. The van der Waals surface area contributed by atoms with Crippen molar-refractivity contribution in [3.63, 3.8) is 0 Å². The number of carbonyl (C=O) groups excluding carboxylic acids is 1. The molecule has 150 valence electrons. The van der Waals surface area contributed by atoms with Crippen molar-refractivity contribution in [3.8, 4) is 11.5 Å². The Kier molecular flexibility index (Phi) is 4.83. The van der Waals surface area contributed by atoms with E-state index in [-0.39, 0.29) is 11.7 Å². The molecule has 3 aromatic rings. The first-order valence-corrected chi connectivity index (χ1v) is 8.64. The van der Waals surface area contributed by atoms with Crippen LogP contribution in [0.3, 0.4) is 0 Å². The van der Waals surface area contributed by atoms with Gasteiger partial charge in [-0.3, -0.25) is 14.5 Å². The summed E-state index contributed by atoms with van der Waals surface area (Å²) >= 11 is 0. The van der Waals surface area contributed by atoms with Crippen LogP contribution in [0.1, 0.15) is 16.1 Å². The molecule has 0 fully saturated rings. The van der Waals surface area contributed by atoms with Crippen LogP contribution >= 0.6 is 0 Å². The highest BCUT2D eigenvalue weighted by atomic mass is 19.4. The van der Waals surface area contributed by atoms with E-state index in [4.69, 9.17) is 9.47 Å². The van der Waals surface area contributed by atoms with Gasteiger partial charge in [0.15, 0.2) is 17.6 Å². The molecule has 0 saturated carbocycles. The summed E-state index contributed by atoms with van der Waals surface area (Å²) in [5.74, 6) is 0.749. The van der Waals surface area contributed by atoms with E-state index in [2.05, 4.69) is 15.4 Å². The van der Waals surface area contributed by atoms with Crippen LogP contribution in [0.25, 0.3) is 0 Å². The first kappa shape index (κ1) is 18.8. The predicted octanol–water partition coefficient (Wildman–Crippen LogP) is 3.39. The second-order valence-electron chi connectivity index (χ2n) is 6.33. The van der Waals surface area contributed by atoms with E-state index in [1.165, 1.54) is 6.20 Å². The summed E-state index contributed by atoms with van der Waals surface area (Å²) in [5, 5.41) is 6.74. The highest BCUT2D eigenvalue weighted by Crippen LogP contribution is 2.31. The molecule has 1 unspecified atom stereocenters. The normalized spacial score (nSPS) is 15.8. The maximum absolute atomic E-state index is 12.6. The number of hydrogen-bond acceptors (Lipinski definition) is 5. The number of aromatic nitrogens is 3. The van der Waals surface area contributed by atoms with Gasteiger partial charge in [-0.05, 0) is 24.3 Å². The quantitative estimate of drug-likeness (QED) is 0.721. The number of ether oxygens (including phenoxy) is 2. The molecule has 0 bridgehead atoms. The third-order valence-corrected chi connectivity index (χ3v) is 4.17. The van der Waals surface area contributed by atoms with Gasteiger partial charge in [-0.2, -0.15) is 18.3 Å². The van der Waals surface area contributed by atoms with Crippen LogP contribution in [0.15, 0.2) is 55.0 Å². The minimum atomic E-state index is -4.55. The van der Waals surface area contributed by atoms with Gasteiger partial charge in [-0.15, -0.1) is 0 Å². The number of rotatable bonds is 4. The highest BCUT2D eigenvalue weighted by molar-refractivity contribution is 6.03. The van der Waals surface area contributed by atoms with E-state index in [1.807, 2.05) is 24.3 Å². The number of halogens is 3. The molecule has 10 heteroatoms. The van der Waals surface area contributed by atoms with Gasteiger partial charge in [0.05, 0.1) is 24.0 Å². The second kappa shape index (κ2) is 7.46. The van der Waals surface area contributed by atoms with Crippen molar-refractivity contribution < 1.29 is 27.4 Å². The molecule has 1 atom stereocenters. The Bertz CT molecular complexity index is 1020. The largest absolute Gasteiger partial charge is 0.486 e. The van der Waals surface area contributed by atoms with Gasteiger partial charge in [-0.1, -0.05) is 12.1 Å². The van der Waals surface area contributed by atoms with E-state index in [9.17, 15) is 18.0 Å². The predicted molar refractivity (Wildman–Crippen MR) is 95.8 cm³/mol. The Labute approximate surface area is 163 Å². The Balaban J connectivity index is 1.36. The molecule has 0 spiro atoms. The van der Waals surface area contributed by atoms with Gasteiger partial charge in [-0.25, -0.2) is 0 Å². The number of benzene rings is 1. The summed E-state index contributed by atoms with van der Waals surface area (Å²) < 4.78 is 50.7. The van der Waals surface area contributed by atoms with Crippen molar-refractivity contribution in [2.45, 2.75) is 18.8 Å². The number of alkyl halides is 3. The van der Waals surface area contributed by atoms with Gasteiger partial charge >= 0.3 is 6.18 Å². The second-order valence-corrected chi connectivity index (χ2v) is 6.33. The van der Waals surface area contributed by atoms with Crippen molar-refractivity contribution in [2.24, 2.45) is 0 Å². The van der Waals surface area contributed by atoms with Crippen LogP contribution in [-0.2, 0) is 12.7 Å². The molecule has 0 radical (unpaired) electrons. The zero-order valence-corrected chi connectivity index (χ0v) is 14.9. The third-order valence-electron chi connectivity index (χ3n) is 4.17. The minimum absolute atomic E-state index is 0.00590. The van der Waals surface area contributed by atoms with E-state index >= 15 is 0 Å². The van der Waals surface area contributed by atoms with E-state index < -0.39 is 17.8 Å². The van der Waals surface area contributed by atoms with Gasteiger partial charge in [0.2, 0.25) is 0 Å². The third kappa shape index (κ3) is 4.31. The fraction of sp³-hybridized carbons (Fsp3) is 0.211. The highest BCUT2D eigenvalue weighted by Gasteiger charge is 2.32. The summed E-state index contributed by atoms with van der Waals surface area (Å²) in [5.41, 5.74) is -0.656. The van der Waals surface area contributed by atoms with Crippen molar-refractivity contribution in [1.82, 2.24) is 14.8 Å². The molecule has 1 aromatic carbocycles. The lowest BCUT2D eigenvalue weighted by molar-refractivity contribution is -0.141. The topological polar surface area (TPSA) is 78.3 Å². The van der Waals surface area contributed by atoms with Crippen LogP contribution in [0, 0.1) is 0 Å². The Morgan fingerprint density at radius 1 is 1.17 bits per heavy atom. The molecule has 1 aliphatic rings. The van der Waals surface area contributed by atoms with Crippen LogP contribution in [0.2, 0.25) is 0 Å². The molecular formula is C19H15F3N4O3. The first-order valence-electron chi connectivity index (χ1n) is 8.64. The van der Waals surface area contributed by atoms with E-state index in [0.717, 1.165) is 18.3 Å². The smallest absolute Gasteiger partial charge is 0.433 e. The van der Waals surface area contributed by atoms with Gasteiger partial charge in [0.25, 0.3) is 5.91 Å².